The topological polar surface area (TPSA) is 77.2 Å². The van der Waals surface area contributed by atoms with Crippen LogP contribution in [-0.4, -0.2) is 111 Å². The van der Waals surface area contributed by atoms with Gasteiger partial charge in [-0.05, 0) is 127 Å². The second kappa shape index (κ2) is 16.1. The molecule has 2 amide bonds. The summed E-state index contributed by atoms with van der Waals surface area (Å²) in [4.78, 5) is 34.8. The van der Waals surface area contributed by atoms with E-state index < -0.39 is 0 Å². The van der Waals surface area contributed by atoms with E-state index in [9.17, 15) is 9.59 Å². The van der Waals surface area contributed by atoms with Crippen LogP contribution in [0.4, 0.5) is 0 Å². The summed E-state index contributed by atoms with van der Waals surface area (Å²) in [6, 6.07) is 1.21. The largest absolute Gasteiger partial charge is 0.381 e. The lowest BCUT2D eigenvalue weighted by atomic mass is 9.63. The number of nitrogens with one attached hydrogen (secondary N) is 2. The Morgan fingerprint density at radius 1 is 0.955 bits per heavy atom. The molecule has 7 unspecified atom stereocenters. The zero-order valence-corrected chi connectivity index (χ0v) is 28.8. The molecule has 2 aliphatic carbocycles. The number of nitrogens with zero attached hydrogens (tertiary/aromatic N) is 3. The minimum atomic E-state index is -0.130. The Balaban J connectivity index is 1.24. The molecule has 3 saturated heterocycles. The van der Waals surface area contributed by atoms with E-state index in [4.69, 9.17) is 4.74 Å². The summed E-state index contributed by atoms with van der Waals surface area (Å²) < 4.78 is 5.75. The molecule has 5 aliphatic rings. The monoisotopic (exact) mass is 616 g/mol. The number of hydrogen-bond acceptors (Lipinski definition) is 6. The Morgan fingerprint density at radius 3 is 2.41 bits per heavy atom. The van der Waals surface area contributed by atoms with E-state index in [0.29, 0.717) is 30.5 Å². The summed E-state index contributed by atoms with van der Waals surface area (Å²) in [5, 5.41) is 6.43. The van der Waals surface area contributed by atoms with Gasteiger partial charge in [0.15, 0.2) is 0 Å². The molecule has 7 atom stereocenters. The maximum atomic E-state index is 14.0. The first-order chi connectivity index (χ1) is 21.2. The van der Waals surface area contributed by atoms with Crippen LogP contribution >= 0.6 is 0 Å². The first-order valence-corrected chi connectivity index (χ1v) is 18.6. The first kappa shape index (κ1) is 34.1. The molecule has 44 heavy (non-hydrogen) atoms. The van der Waals surface area contributed by atoms with Crippen LogP contribution < -0.4 is 10.6 Å². The van der Waals surface area contributed by atoms with Gasteiger partial charge in [0.05, 0.1) is 5.92 Å². The molecule has 0 bridgehead atoms. The van der Waals surface area contributed by atoms with E-state index in [1.54, 1.807) is 0 Å². The van der Waals surface area contributed by atoms with Gasteiger partial charge in [0.2, 0.25) is 11.8 Å². The maximum Gasteiger partial charge on any atom is 0.225 e. The molecule has 0 spiro atoms. The highest BCUT2D eigenvalue weighted by Crippen LogP contribution is 2.46. The van der Waals surface area contributed by atoms with Crippen molar-refractivity contribution in [3.05, 3.63) is 0 Å². The maximum absolute atomic E-state index is 14.0. The fraction of sp³-hybridized carbons (Fsp3) is 0.944. The molecule has 2 N–H and O–H groups in total. The van der Waals surface area contributed by atoms with E-state index in [1.807, 2.05) is 0 Å². The Morgan fingerprint density at radius 2 is 1.70 bits per heavy atom. The van der Waals surface area contributed by atoms with Gasteiger partial charge in [-0.15, -0.1) is 0 Å². The molecule has 0 radical (unpaired) electrons. The standard InChI is InChI=1S/C36H65N5O3/c1-6-41(31-12-18-44-19-13-31)34-22-30(29-10-8-28(9-11-29)24-40-15-7-14-39(5)16-17-40)21-32(27(34)4)35(42)37-23-33-25(2)20-26(3)38-36(33)43/h25-34H,6-24H2,1-5H3,(H,37,42)(H,38,43). The number of carbonyl (C=O) groups is 2. The van der Waals surface area contributed by atoms with Crippen LogP contribution in [0.2, 0.25) is 0 Å². The SMILES string of the molecule is CCN(C1CCOCC1)C1CC(C2CCC(CN3CCCN(C)CC3)CC2)CC(C(=O)NCC2C(=O)NC(C)CC2C)C1C. The number of rotatable bonds is 9. The van der Waals surface area contributed by atoms with Crippen LogP contribution in [0.1, 0.15) is 91.9 Å². The molecule has 252 valence electrons. The highest BCUT2D eigenvalue weighted by molar-refractivity contribution is 5.83. The predicted molar refractivity (Wildman–Crippen MR) is 177 cm³/mol. The Bertz CT molecular complexity index is 919. The van der Waals surface area contributed by atoms with Gasteiger partial charge in [-0.25, -0.2) is 0 Å². The zero-order chi connectivity index (χ0) is 31.2. The molecule has 8 nitrogen and oxygen atoms in total. The minimum Gasteiger partial charge on any atom is -0.381 e. The summed E-state index contributed by atoms with van der Waals surface area (Å²) in [6.07, 6.45) is 12.0. The van der Waals surface area contributed by atoms with Crippen LogP contribution in [0.3, 0.4) is 0 Å². The van der Waals surface area contributed by atoms with Crippen LogP contribution in [0.25, 0.3) is 0 Å². The van der Waals surface area contributed by atoms with Gasteiger partial charge in [0, 0.05) is 63.4 Å². The van der Waals surface area contributed by atoms with Gasteiger partial charge >= 0.3 is 0 Å². The van der Waals surface area contributed by atoms with E-state index in [0.717, 1.165) is 57.3 Å². The molecule has 0 aromatic heterocycles. The summed E-state index contributed by atoms with van der Waals surface area (Å²) in [5.41, 5.74) is 0. The van der Waals surface area contributed by atoms with Crippen molar-refractivity contribution < 1.29 is 14.3 Å². The van der Waals surface area contributed by atoms with Crippen molar-refractivity contribution in [2.24, 2.45) is 41.4 Å². The van der Waals surface area contributed by atoms with Gasteiger partial charge in [-0.1, -0.05) is 20.8 Å². The third kappa shape index (κ3) is 8.57. The van der Waals surface area contributed by atoms with Gasteiger partial charge in [-0.2, -0.15) is 0 Å². The van der Waals surface area contributed by atoms with Crippen molar-refractivity contribution in [3.63, 3.8) is 0 Å². The Kier molecular flexibility index (Phi) is 12.5. The number of hydrogen-bond donors (Lipinski definition) is 2. The quantitative estimate of drug-likeness (QED) is 0.404. The molecule has 5 rings (SSSR count). The average Bonchev–Trinajstić information content (AvgIpc) is 3.22. The molecule has 2 saturated carbocycles. The second-order valence-electron chi connectivity index (χ2n) is 15.7. The summed E-state index contributed by atoms with van der Waals surface area (Å²) in [5.74, 6) is 2.93. The summed E-state index contributed by atoms with van der Waals surface area (Å²) >= 11 is 0. The zero-order valence-electron chi connectivity index (χ0n) is 28.8. The molecule has 8 heteroatoms. The van der Waals surface area contributed by atoms with E-state index in [2.05, 4.69) is 60.1 Å². The predicted octanol–water partition coefficient (Wildman–Crippen LogP) is 4.24. The summed E-state index contributed by atoms with van der Waals surface area (Å²) in [6.45, 7) is 18.3. The van der Waals surface area contributed by atoms with Crippen LogP contribution in [0.15, 0.2) is 0 Å². The lowest BCUT2D eigenvalue weighted by Gasteiger charge is -2.50. The third-order valence-electron chi connectivity index (χ3n) is 12.7. The lowest BCUT2D eigenvalue weighted by Crippen LogP contribution is -2.56. The van der Waals surface area contributed by atoms with Gasteiger partial charge in [-0.3, -0.25) is 14.5 Å². The van der Waals surface area contributed by atoms with Crippen molar-refractivity contribution in [2.45, 2.75) is 110 Å². The van der Waals surface area contributed by atoms with Crippen molar-refractivity contribution in [3.8, 4) is 0 Å². The summed E-state index contributed by atoms with van der Waals surface area (Å²) in [7, 11) is 2.26. The van der Waals surface area contributed by atoms with E-state index >= 15 is 0 Å². The molecular formula is C36H65N5O3. The van der Waals surface area contributed by atoms with Crippen molar-refractivity contribution in [1.82, 2.24) is 25.3 Å². The normalized spacial score (nSPS) is 38.7. The third-order valence-corrected chi connectivity index (χ3v) is 12.7. The molecule has 0 aromatic rings. The molecule has 0 aromatic carbocycles. The fourth-order valence-corrected chi connectivity index (χ4v) is 9.89. The average molecular weight is 616 g/mol. The van der Waals surface area contributed by atoms with Crippen LogP contribution in [-0.2, 0) is 14.3 Å². The number of piperidine rings is 1. The fourth-order valence-electron chi connectivity index (χ4n) is 9.89. The highest BCUT2D eigenvalue weighted by atomic mass is 16.5. The lowest BCUT2D eigenvalue weighted by molar-refractivity contribution is -0.133. The van der Waals surface area contributed by atoms with Crippen LogP contribution in [0, 0.1) is 41.4 Å². The second-order valence-corrected chi connectivity index (χ2v) is 15.7. The Labute approximate surface area is 268 Å². The van der Waals surface area contributed by atoms with Crippen molar-refractivity contribution >= 4 is 11.8 Å². The van der Waals surface area contributed by atoms with Crippen molar-refractivity contribution in [1.29, 1.82) is 0 Å². The van der Waals surface area contributed by atoms with Crippen molar-refractivity contribution in [2.75, 3.05) is 66.1 Å². The van der Waals surface area contributed by atoms with Gasteiger partial charge < -0.3 is 25.2 Å². The number of carbonyl (C=O) groups excluding carboxylic acids is 2. The molecule has 5 fully saturated rings. The highest BCUT2D eigenvalue weighted by Gasteiger charge is 2.45. The van der Waals surface area contributed by atoms with E-state index in [-0.39, 0.29) is 35.6 Å². The van der Waals surface area contributed by atoms with Gasteiger partial charge in [0.1, 0.15) is 0 Å². The molecule has 3 heterocycles. The molecule has 3 aliphatic heterocycles. The molecular weight excluding hydrogens is 550 g/mol. The number of amides is 2. The Hall–Kier alpha value is -1.22. The van der Waals surface area contributed by atoms with Gasteiger partial charge in [0.25, 0.3) is 0 Å². The number of likely N-dealkylation sites (N-methyl/N-ethyl adjacent to an activating group) is 1. The number of ether oxygens (including phenoxy) is 1. The first-order valence-electron chi connectivity index (χ1n) is 18.6. The minimum absolute atomic E-state index is 0.0142. The van der Waals surface area contributed by atoms with Crippen LogP contribution in [0.5, 0.6) is 0 Å². The smallest absolute Gasteiger partial charge is 0.225 e. The van der Waals surface area contributed by atoms with E-state index in [1.165, 1.54) is 71.2 Å².